The van der Waals surface area contributed by atoms with Gasteiger partial charge in [0.1, 0.15) is 5.76 Å². The average Bonchev–Trinajstić information content (AvgIpc) is 3.51. The van der Waals surface area contributed by atoms with E-state index in [1.165, 1.54) is 0 Å². The molecule has 0 spiro atoms. The molecular weight excluding hydrogens is 556 g/mol. The molecule has 5 heteroatoms. The first-order chi connectivity index (χ1) is 21.2. The second-order valence-electron chi connectivity index (χ2n) is 17.8. The number of hydrogen-bond acceptors (Lipinski definition) is 4. The lowest BCUT2D eigenvalue weighted by atomic mass is 9.33. The van der Waals surface area contributed by atoms with Crippen LogP contribution >= 0.6 is 0 Å². The predicted octanol–water partition coefficient (Wildman–Crippen LogP) is 8.27. The maximum atomic E-state index is 14.8. The molecule has 0 bridgehead atoms. The van der Waals surface area contributed by atoms with E-state index < -0.39 is 5.41 Å². The van der Waals surface area contributed by atoms with Gasteiger partial charge in [-0.25, -0.2) is 0 Å². The number of allylic oxidation sites excluding steroid dienone is 3. The molecule has 1 amide bonds. The number of amides is 1. The number of furan rings is 1. The van der Waals surface area contributed by atoms with Gasteiger partial charge in [0.05, 0.1) is 11.7 Å². The van der Waals surface area contributed by atoms with Crippen molar-refractivity contribution in [3.63, 3.8) is 0 Å². The molecule has 5 aliphatic carbocycles. The quantitative estimate of drug-likeness (QED) is 0.249. The third-order valence-electron chi connectivity index (χ3n) is 15.7. The maximum absolute atomic E-state index is 14.8. The van der Waals surface area contributed by atoms with Crippen LogP contribution in [-0.4, -0.2) is 54.7 Å². The first kappa shape index (κ1) is 31.5. The van der Waals surface area contributed by atoms with E-state index in [0.717, 1.165) is 88.9 Å². The van der Waals surface area contributed by atoms with Crippen LogP contribution in [0.15, 0.2) is 40.0 Å². The summed E-state index contributed by atoms with van der Waals surface area (Å²) in [5.41, 5.74) is 2.11. The van der Waals surface area contributed by atoms with Crippen molar-refractivity contribution in [1.29, 1.82) is 0 Å². The standard InChI is InChI=1S/C40H58N2O3/c1-26-13-16-40(35(44)42-21-19-41(8)20-22-42)18-17-38(6)30(33(40)27(26)2)11-12-32-37(5)25-28(24-29-10-9-23-45-29)34(43)36(3,4)31(37)14-15-39(32,38)7/h9-11,23-24,26-27,31-33H,12-22,25H2,1-8H3/b28-24-/t26-,27+,31+,32-,33+,37+,38-,39-,40+/m1/s1. The number of carbonyl (C=O) groups excluding carboxylic acids is 2. The Morgan fingerprint density at radius 1 is 0.956 bits per heavy atom. The molecule has 0 aromatic carbocycles. The van der Waals surface area contributed by atoms with E-state index in [0.29, 0.717) is 41.3 Å². The van der Waals surface area contributed by atoms with Crippen LogP contribution in [-0.2, 0) is 9.59 Å². The summed E-state index contributed by atoms with van der Waals surface area (Å²) in [5.74, 6) is 3.85. The van der Waals surface area contributed by atoms with Crippen molar-refractivity contribution in [2.45, 2.75) is 99.8 Å². The largest absolute Gasteiger partial charge is 0.465 e. The lowest BCUT2D eigenvalue weighted by Gasteiger charge is -2.71. The second-order valence-corrected chi connectivity index (χ2v) is 17.8. The normalized spacial score (nSPS) is 45.6. The third kappa shape index (κ3) is 4.27. The van der Waals surface area contributed by atoms with Crippen LogP contribution in [0.2, 0.25) is 0 Å². The summed E-state index contributed by atoms with van der Waals surface area (Å²) in [6.07, 6.45) is 14.9. The molecule has 0 radical (unpaired) electrons. The Bertz CT molecular complexity index is 1410. The van der Waals surface area contributed by atoms with Gasteiger partial charge in [-0.15, -0.1) is 0 Å². The number of nitrogens with zero attached hydrogens (tertiary/aromatic N) is 2. The van der Waals surface area contributed by atoms with Crippen LogP contribution < -0.4 is 0 Å². The summed E-state index contributed by atoms with van der Waals surface area (Å²) >= 11 is 0. The molecule has 1 aromatic heterocycles. The number of rotatable bonds is 2. The van der Waals surface area contributed by atoms with Gasteiger partial charge in [-0.3, -0.25) is 9.59 Å². The van der Waals surface area contributed by atoms with E-state index in [1.54, 1.807) is 11.8 Å². The number of hydrogen-bond donors (Lipinski definition) is 0. The summed E-state index contributed by atoms with van der Waals surface area (Å²) in [6, 6.07) is 3.87. The van der Waals surface area contributed by atoms with E-state index in [9.17, 15) is 9.59 Å². The highest BCUT2D eigenvalue weighted by molar-refractivity contribution is 6.04. The van der Waals surface area contributed by atoms with Crippen molar-refractivity contribution in [2.24, 2.45) is 56.7 Å². The SMILES string of the molecule is C[C@H]1[C@H](C)CC[C@]2(C(=O)N3CCN(C)CC3)CC[C@]3(C)C(=CC[C@@H]4[C@@]5(C)C/C(=C/c6ccco6)C(=O)C(C)(C)[C@@H]5CC[C@]43C)[C@H]12. The van der Waals surface area contributed by atoms with Gasteiger partial charge in [0.15, 0.2) is 5.78 Å². The van der Waals surface area contributed by atoms with Gasteiger partial charge in [0, 0.05) is 31.6 Å². The Kier molecular flexibility index (Phi) is 7.29. The maximum Gasteiger partial charge on any atom is 0.229 e. The number of carbonyl (C=O) groups is 2. The van der Waals surface area contributed by atoms with E-state index in [4.69, 9.17) is 4.42 Å². The summed E-state index contributed by atoms with van der Waals surface area (Å²) in [4.78, 5) is 33.4. The van der Waals surface area contributed by atoms with Gasteiger partial charge < -0.3 is 14.2 Å². The summed E-state index contributed by atoms with van der Waals surface area (Å²) in [7, 11) is 2.18. The van der Waals surface area contributed by atoms with E-state index in [2.05, 4.69) is 71.4 Å². The zero-order valence-corrected chi connectivity index (χ0v) is 29.4. The lowest BCUT2D eigenvalue weighted by molar-refractivity contribution is -0.184. The molecular formula is C40H58N2O3. The minimum Gasteiger partial charge on any atom is -0.465 e. The molecule has 1 aromatic rings. The Balaban J connectivity index is 1.29. The molecule has 5 nitrogen and oxygen atoms in total. The molecule has 7 rings (SSSR count). The number of likely N-dealkylation sites (N-methyl/N-ethyl adjacent to an activating group) is 1. The van der Waals surface area contributed by atoms with Crippen molar-refractivity contribution in [1.82, 2.24) is 9.80 Å². The van der Waals surface area contributed by atoms with Gasteiger partial charge in [-0.1, -0.05) is 60.1 Å². The van der Waals surface area contributed by atoms with Gasteiger partial charge in [0.2, 0.25) is 5.91 Å². The molecule has 2 heterocycles. The Hall–Kier alpha value is -2.14. The number of Topliss-reactive ketones (excluding diaryl/α,β-unsaturated/α-hetero) is 1. The monoisotopic (exact) mass is 614 g/mol. The first-order valence-electron chi connectivity index (χ1n) is 18.2. The molecule has 1 saturated heterocycles. The van der Waals surface area contributed by atoms with Crippen molar-refractivity contribution < 1.29 is 14.0 Å². The number of fused-ring (bicyclic) bond motifs is 7. The highest BCUT2D eigenvalue weighted by Gasteiger charge is 2.70. The molecule has 9 atom stereocenters. The van der Waals surface area contributed by atoms with Crippen LogP contribution in [0.1, 0.15) is 106 Å². The van der Waals surface area contributed by atoms with Gasteiger partial charge in [-0.2, -0.15) is 0 Å². The van der Waals surface area contributed by atoms with Crippen molar-refractivity contribution >= 4 is 17.8 Å². The molecule has 246 valence electrons. The van der Waals surface area contributed by atoms with E-state index in [-0.39, 0.29) is 21.7 Å². The number of ketones is 1. The first-order valence-corrected chi connectivity index (χ1v) is 18.2. The van der Waals surface area contributed by atoms with E-state index in [1.807, 2.05) is 18.2 Å². The van der Waals surface area contributed by atoms with Crippen molar-refractivity contribution in [2.75, 3.05) is 33.2 Å². The summed E-state index contributed by atoms with van der Waals surface area (Å²) in [5, 5.41) is 0. The third-order valence-corrected chi connectivity index (χ3v) is 15.7. The fourth-order valence-electron chi connectivity index (χ4n) is 12.7. The Labute approximate surface area is 272 Å². The number of piperazine rings is 1. The smallest absolute Gasteiger partial charge is 0.229 e. The topological polar surface area (TPSA) is 53.8 Å². The second kappa shape index (κ2) is 10.4. The van der Waals surface area contributed by atoms with Crippen LogP contribution in [0.25, 0.3) is 6.08 Å². The van der Waals surface area contributed by atoms with Gasteiger partial charge >= 0.3 is 0 Å². The fraction of sp³-hybridized carbons (Fsp3) is 0.750. The highest BCUT2D eigenvalue weighted by atomic mass is 16.3. The molecule has 45 heavy (non-hydrogen) atoms. The predicted molar refractivity (Wildman–Crippen MR) is 180 cm³/mol. The Morgan fingerprint density at radius 3 is 2.38 bits per heavy atom. The van der Waals surface area contributed by atoms with Crippen LogP contribution in [0, 0.1) is 56.7 Å². The van der Waals surface area contributed by atoms with Crippen LogP contribution in [0.5, 0.6) is 0 Å². The zero-order chi connectivity index (χ0) is 32.2. The van der Waals surface area contributed by atoms with Gasteiger partial charge in [-0.05, 0) is 128 Å². The zero-order valence-electron chi connectivity index (χ0n) is 29.4. The average molecular weight is 615 g/mol. The lowest BCUT2D eigenvalue weighted by Crippen LogP contribution is -2.66. The molecule has 1 aliphatic heterocycles. The summed E-state index contributed by atoms with van der Waals surface area (Å²) < 4.78 is 5.71. The molecule has 0 N–H and O–H groups in total. The highest BCUT2D eigenvalue weighted by Crippen LogP contribution is 2.76. The van der Waals surface area contributed by atoms with Crippen LogP contribution in [0.4, 0.5) is 0 Å². The molecule has 0 unspecified atom stereocenters. The van der Waals surface area contributed by atoms with Crippen molar-refractivity contribution in [3.8, 4) is 0 Å². The fourth-order valence-corrected chi connectivity index (χ4v) is 12.7. The minimum absolute atomic E-state index is 0.0174. The minimum atomic E-state index is -0.401. The molecule has 5 fully saturated rings. The van der Waals surface area contributed by atoms with Crippen LogP contribution in [0.3, 0.4) is 0 Å². The van der Waals surface area contributed by atoms with Crippen molar-refractivity contribution in [3.05, 3.63) is 41.4 Å². The Morgan fingerprint density at radius 2 is 1.69 bits per heavy atom. The molecule has 4 saturated carbocycles. The van der Waals surface area contributed by atoms with Gasteiger partial charge in [0.25, 0.3) is 0 Å². The molecule has 6 aliphatic rings. The van der Waals surface area contributed by atoms with E-state index >= 15 is 0 Å². The summed E-state index contributed by atoms with van der Waals surface area (Å²) in [6.45, 7) is 20.8.